The summed E-state index contributed by atoms with van der Waals surface area (Å²) >= 11 is 0. The first kappa shape index (κ1) is 12.6. The smallest absolute Gasteiger partial charge is 0.0641 e. The molecule has 0 amide bonds. The Labute approximate surface area is 104 Å². The van der Waals surface area contributed by atoms with Crippen LogP contribution in [0.25, 0.3) is 0 Å². The lowest BCUT2D eigenvalue weighted by atomic mass is 10.1. The molecule has 0 bridgehead atoms. The Balaban J connectivity index is 2.08. The average Bonchev–Trinajstić information content (AvgIpc) is 3.06. The number of hydrogen-bond acceptors (Lipinski definition) is 3. The average molecular weight is 236 g/mol. The molecule has 1 aliphatic carbocycles. The molecule has 1 heterocycles. The lowest BCUT2D eigenvalue weighted by Crippen LogP contribution is -2.39. The Kier molecular flexibility index (Phi) is 3.54. The van der Waals surface area contributed by atoms with Crippen molar-refractivity contribution in [3.63, 3.8) is 0 Å². The van der Waals surface area contributed by atoms with Crippen LogP contribution in [0.1, 0.15) is 29.8 Å². The minimum absolute atomic E-state index is 0.536. The third kappa shape index (κ3) is 2.53. The van der Waals surface area contributed by atoms with Crippen LogP contribution >= 0.6 is 0 Å². The van der Waals surface area contributed by atoms with Crippen molar-refractivity contribution in [2.45, 2.75) is 39.3 Å². The van der Waals surface area contributed by atoms with Crippen LogP contribution in [0.15, 0.2) is 0 Å². The Bertz CT molecular complexity index is 392. The van der Waals surface area contributed by atoms with E-state index in [1.165, 1.54) is 24.1 Å². The highest BCUT2D eigenvalue weighted by molar-refractivity contribution is 5.24. The van der Waals surface area contributed by atoms with Gasteiger partial charge in [0.05, 0.1) is 5.69 Å². The molecule has 0 aromatic carbocycles. The monoisotopic (exact) mass is 236 g/mol. The van der Waals surface area contributed by atoms with Crippen molar-refractivity contribution in [1.82, 2.24) is 14.7 Å². The molecule has 0 saturated heterocycles. The second-order valence-electron chi connectivity index (χ2n) is 5.33. The molecule has 2 N–H and O–H groups in total. The zero-order valence-corrected chi connectivity index (χ0v) is 11.4. The van der Waals surface area contributed by atoms with Crippen molar-refractivity contribution in [2.24, 2.45) is 18.7 Å². The lowest BCUT2D eigenvalue weighted by Gasteiger charge is -2.27. The highest BCUT2D eigenvalue weighted by Crippen LogP contribution is 2.35. The predicted octanol–water partition coefficient (Wildman–Crippen LogP) is 1.21. The fraction of sp³-hybridized carbons (Fsp3) is 0.769. The Morgan fingerprint density at radius 2 is 2.12 bits per heavy atom. The highest BCUT2D eigenvalue weighted by atomic mass is 15.3. The molecule has 96 valence electrons. The van der Waals surface area contributed by atoms with E-state index in [2.05, 4.69) is 30.9 Å². The zero-order valence-electron chi connectivity index (χ0n) is 11.4. The standard InChI is InChI=1S/C13H24N4/c1-9-12(10(2)17(4)15-9)8-16(3)13(7-14)11-5-6-11/h11,13H,5-8,14H2,1-4H3. The van der Waals surface area contributed by atoms with E-state index in [4.69, 9.17) is 5.73 Å². The van der Waals surface area contributed by atoms with Gasteiger partial charge >= 0.3 is 0 Å². The van der Waals surface area contributed by atoms with Gasteiger partial charge < -0.3 is 5.73 Å². The topological polar surface area (TPSA) is 47.1 Å². The second-order valence-corrected chi connectivity index (χ2v) is 5.33. The summed E-state index contributed by atoms with van der Waals surface area (Å²) in [7, 11) is 4.19. The molecule has 4 nitrogen and oxygen atoms in total. The maximum atomic E-state index is 5.89. The predicted molar refractivity (Wildman–Crippen MR) is 69.7 cm³/mol. The molecule has 4 heteroatoms. The third-order valence-electron chi connectivity index (χ3n) is 4.04. The summed E-state index contributed by atoms with van der Waals surface area (Å²) in [5.41, 5.74) is 9.65. The Hall–Kier alpha value is -0.870. The molecule has 1 aromatic rings. The van der Waals surface area contributed by atoms with Crippen molar-refractivity contribution in [3.8, 4) is 0 Å². The summed E-state index contributed by atoms with van der Waals surface area (Å²) in [4.78, 5) is 2.40. The van der Waals surface area contributed by atoms with Gasteiger partial charge in [0.2, 0.25) is 0 Å². The van der Waals surface area contributed by atoms with Gasteiger partial charge in [-0.3, -0.25) is 9.58 Å². The molecule has 1 saturated carbocycles. The molecule has 2 rings (SSSR count). The summed E-state index contributed by atoms with van der Waals surface area (Å²) in [5, 5.41) is 4.47. The van der Waals surface area contributed by atoms with Gasteiger partial charge in [0, 0.05) is 37.4 Å². The van der Waals surface area contributed by atoms with Crippen LogP contribution in [-0.2, 0) is 13.6 Å². The van der Waals surface area contributed by atoms with Crippen molar-refractivity contribution < 1.29 is 0 Å². The lowest BCUT2D eigenvalue weighted by molar-refractivity contribution is 0.215. The number of nitrogens with two attached hydrogens (primary N) is 1. The van der Waals surface area contributed by atoms with Crippen LogP contribution in [0.3, 0.4) is 0 Å². The number of likely N-dealkylation sites (N-methyl/N-ethyl adjacent to an activating group) is 1. The van der Waals surface area contributed by atoms with Crippen molar-refractivity contribution in [2.75, 3.05) is 13.6 Å². The zero-order chi connectivity index (χ0) is 12.6. The van der Waals surface area contributed by atoms with Crippen molar-refractivity contribution in [1.29, 1.82) is 0 Å². The van der Waals surface area contributed by atoms with E-state index < -0.39 is 0 Å². The fourth-order valence-corrected chi connectivity index (χ4v) is 2.63. The maximum Gasteiger partial charge on any atom is 0.0641 e. The first-order valence-corrected chi connectivity index (χ1v) is 6.44. The van der Waals surface area contributed by atoms with E-state index in [-0.39, 0.29) is 0 Å². The number of aryl methyl sites for hydroxylation is 2. The number of hydrogen-bond donors (Lipinski definition) is 1. The summed E-state index contributed by atoms with van der Waals surface area (Å²) in [6.07, 6.45) is 2.69. The van der Waals surface area contributed by atoms with Crippen LogP contribution in [0.4, 0.5) is 0 Å². The SMILES string of the molecule is Cc1nn(C)c(C)c1CN(C)C(CN)C1CC1. The molecule has 0 radical (unpaired) electrons. The molecule has 1 aliphatic rings. The normalized spacial score (nSPS) is 17.8. The van der Waals surface area contributed by atoms with Crippen LogP contribution in [0.5, 0.6) is 0 Å². The summed E-state index contributed by atoms with van der Waals surface area (Å²) < 4.78 is 1.97. The summed E-state index contributed by atoms with van der Waals surface area (Å²) in [6, 6.07) is 0.536. The van der Waals surface area contributed by atoms with Gasteiger partial charge in [0.25, 0.3) is 0 Å². The summed E-state index contributed by atoms with van der Waals surface area (Å²) in [5.74, 6) is 0.822. The third-order valence-corrected chi connectivity index (χ3v) is 4.04. The van der Waals surface area contributed by atoms with E-state index in [0.29, 0.717) is 6.04 Å². The molecular weight excluding hydrogens is 212 g/mol. The van der Waals surface area contributed by atoms with Crippen LogP contribution in [0.2, 0.25) is 0 Å². The molecular formula is C13H24N4. The van der Waals surface area contributed by atoms with Gasteiger partial charge in [-0.2, -0.15) is 5.10 Å². The molecule has 1 aromatic heterocycles. The highest BCUT2D eigenvalue weighted by Gasteiger charge is 2.33. The largest absolute Gasteiger partial charge is 0.329 e. The molecule has 0 aliphatic heterocycles. The summed E-state index contributed by atoms with van der Waals surface area (Å²) in [6.45, 7) is 5.95. The van der Waals surface area contributed by atoms with Gasteiger partial charge in [0.1, 0.15) is 0 Å². The Morgan fingerprint density at radius 3 is 2.53 bits per heavy atom. The van der Waals surface area contributed by atoms with Gasteiger partial charge in [-0.05, 0) is 39.7 Å². The van der Waals surface area contributed by atoms with E-state index in [9.17, 15) is 0 Å². The number of nitrogens with zero attached hydrogens (tertiary/aromatic N) is 3. The molecule has 0 spiro atoms. The molecule has 1 unspecified atom stereocenters. The first-order valence-electron chi connectivity index (χ1n) is 6.44. The minimum Gasteiger partial charge on any atom is -0.329 e. The van der Waals surface area contributed by atoms with Crippen LogP contribution < -0.4 is 5.73 Å². The van der Waals surface area contributed by atoms with Crippen molar-refractivity contribution >= 4 is 0 Å². The van der Waals surface area contributed by atoms with Gasteiger partial charge in [-0.15, -0.1) is 0 Å². The molecule has 17 heavy (non-hydrogen) atoms. The van der Waals surface area contributed by atoms with E-state index in [1.807, 2.05) is 11.7 Å². The second kappa shape index (κ2) is 4.78. The van der Waals surface area contributed by atoms with E-state index in [1.54, 1.807) is 0 Å². The first-order chi connectivity index (χ1) is 8.04. The van der Waals surface area contributed by atoms with E-state index >= 15 is 0 Å². The Morgan fingerprint density at radius 1 is 1.47 bits per heavy atom. The number of rotatable bonds is 5. The number of aromatic nitrogens is 2. The van der Waals surface area contributed by atoms with Gasteiger partial charge in [-0.25, -0.2) is 0 Å². The fourth-order valence-electron chi connectivity index (χ4n) is 2.63. The minimum atomic E-state index is 0.536. The van der Waals surface area contributed by atoms with Crippen molar-refractivity contribution in [3.05, 3.63) is 17.0 Å². The van der Waals surface area contributed by atoms with Gasteiger partial charge in [0.15, 0.2) is 0 Å². The molecule has 1 atom stereocenters. The van der Waals surface area contributed by atoms with Gasteiger partial charge in [-0.1, -0.05) is 0 Å². The van der Waals surface area contributed by atoms with E-state index in [0.717, 1.165) is 24.7 Å². The maximum absolute atomic E-state index is 5.89. The van der Waals surface area contributed by atoms with Crippen LogP contribution in [-0.4, -0.2) is 34.3 Å². The quantitative estimate of drug-likeness (QED) is 0.836. The molecule has 1 fully saturated rings. The van der Waals surface area contributed by atoms with Crippen LogP contribution in [0, 0.1) is 19.8 Å².